The van der Waals surface area contributed by atoms with Gasteiger partial charge >= 0.3 is 0 Å². The predicted octanol–water partition coefficient (Wildman–Crippen LogP) is 14.5. The number of hydrogen-bond donors (Lipinski definition) is 0. The molecule has 2 aromatic heterocycles. The summed E-state index contributed by atoms with van der Waals surface area (Å²) in [5.41, 5.74) is 17.0. The van der Waals surface area contributed by atoms with E-state index in [1.54, 1.807) is 0 Å². The SMILES string of the molecule is C1=Cc2c(n(-c3ccccc3)c3ccc(-c4ccc(N(c5ccccc5)c5ccc(-c6ccc7c(c6)c6ccccc6n7-c6ccccc6)cc5)cc4)cc23)CC1. The third-order valence-electron chi connectivity index (χ3n) is 11.6. The Balaban J connectivity index is 0.940. The van der Waals surface area contributed by atoms with Crippen LogP contribution in [0.3, 0.4) is 0 Å². The van der Waals surface area contributed by atoms with E-state index in [-0.39, 0.29) is 0 Å². The first-order valence-corrected chi connectivity index (χ1v) is 19.8. The van der Waals surface area contributed by atoms with Crippen molar-refractivity contribution >= 4 is 55.8 Å². The Morgan fingerprint density at radius 3 is 1.47 bits per heavy atom. The molecule has 0 atom stereocenters. The van der Waals surface area contributed by atoms with Gasteiger partial charge in [0.2, 0.25) is 0 Å². The van der Waals surface area contributed by atoms with Gasteiger partial charge in [-0.05, 0) is 126 Å². The lowest BCUT2D eigenvalue weighted by molar-refractivity contribution is 0.888. The summed E-state index contributed by atoms with van der Waals surface area (Å²) in [4.78, 5) is 2.34. The molecule has 0 spiro atoms. The number of anilines is 3. The minimum atomic E-state index is 1.05. The number of benzene rings is 8. The summed E-state index contributed by atoms with van der Waals surface area (Å²) in [5.74, 6) is 0. The number of nitrogens with zero attached hydrogens (tertiary/aromatic N) is 3. The van der Waals surface area contributed by atoms with Gasteiger partial charge in [-0.15, -0.1) is 0 Å². The monoisotopic (exact) mass is 729 g/mol. The maximum Gasteiger partial charge on any atom is 0.0541 e. The van der Waals surface area contributed by atoms with Crippen LogP contribution in [-0.4, -0.2) is 9.13 Å². The van der Waals surface area contributed by atoms with Crippen LogP contribution in [0.5, 0.6) is 0 Å². The van der Waals surface area contributed by atoms with Gasteiger partial charge in [-0.25, -0.2) is 0 Å². The van der Waals surface area contributed by atoms with Gasteiger partial charge in [0.1, 0.15) is 0 Å². The molecule has 0 saturated heterocycles. The lowest BCUT2D eigenvalue weighted by Gasteiger charge is -2.26. The van der Waals surface area contributed by atoms with Crippen LogP contribution in [0.4, 0.5) is 17.1 Å². The van der Waals surface area contributed by atoms with Crippen LogP contribution in [0.2, 0.25) is 0 Å². The van der Waals surface area contributed by atoms with Gasteiger partial charge in [-0.3, -0.25) is 0 Å². The molecule has 1 aliphatic carbocycles. The van der Waals surface area contributed by atoms with Gasteiger partial charge in [0, 0.05) is 55.9 Å². The van der Waals surface area contributed by atoms with Crippen LogP contribution in [0.25, 0.3) is 72.4 Å². The van der Waals surface area contributed by atoms with E-state index in [0.717, 1.165) is 29.9 Å². The first-order chi connectivity index (χ1) is 28.3. The van der Waals surface area contributed by atoms with Crippen LogP contribution in [0.1, 0.15) is 17.7 Å². The number of rotatable bonds is 7. The fourth-order valence-electron chi connectivity index (χ4n) is 8.91. The fourth-order valence-corrected chi connectivity index (χ4v) is 8.91. The molecule has 10 aromatic rings. The molecule has 2 heterocycles. The smallest absolute Gasteiger partial charge is 0.0541 e. The topological polar surface area (TPSA) is 13.1 Å². The number of hydrogen-bond acceptors (Lipinski definition) is 1. The van der Waals surface area contributed by atoms with E-state index in [4.69, 9.17) is 0 Å². The Kier molecular flexibility index (Phi) is 7.96. The molecule has 1 aliphatic rings. The van der Waals surface area contributed by atoms with E-state index in [1.807, 2.05) is 0 Å². The second-order valence-corrected chi connectivity index (χ2v) is 14.9. The molecule has 0 radical (unpaired) electrons. The maximum absolute atomic E-state index is 2.45. The van der Waals surface area contributed by atoms with Crippen molar-refractivity contribution < 1.29 is 0 Å². The Morgan fingerprint density at radius 2 is 0.842 bits per heavy atom. The van der Waals surface area contributed by atoms with Crippen LogP contribution < -0.4 is 4.90 Å². The van der Waals surface area contributed by atoms with Crippen molar-refractivity contribution in [3.05, 3.63) is 218 Å². The molecule has 0 unspecified atom stereocenters. The zero-order valence-electron chi connectivity index (χ0n) is 31.5. The summed E-state index contributed by atoms with van der Waals surface area (Å²) >= 11 is 0. The van der Waals surface area contributed by atoms with Crippen LogP contribution in [0.15, 0.2) is 206 Å². The molecule has 0 N–H and O–H groups in total. The third kappa shape index (κ3) is 5.67. The molecule has 0 bridgehead atoms. The largest absolute Gasteiger partial charge is 0.313 e. The fraction of sp³-hybridized carbons (Fsp3) is 0.0370. The highest BCUT2D eigenvalue weighted by molar-refractivity contribution is 6.10. The molecule has 0 amide bonds. The number of para-hydroxylation sites is 4. The predicted molar refractivity (Wildman–Crippen MR) is 241 cm³/mol. The number of fused-ring (bicyclic) bond motifs is 6. The van der Waals surface area contributed by atoms with Crippen molar-refractivity contribution in [2.24, 2.45) is 0 Å². The lowest BCUT2D eigenvalue weighted by Crippen LogP contribution is -2.09. The lowest BCUT2D eigenvalue weighted by atomic mass is 9.98. The zero-order chi connectivity index (χ0) is 37.7. The molecule has 270 valence electrons. The van der Waals surface area contributed by atoms with E-state index in [2.05, 4.69) is 226 Å². The first-order valence-electron chi connectivity index (χ1n) is 19.8. The van der Waals surface area contributed by atoms with Crippen molar-refractivity contribution in [1.82, 2.24) is 9.13 Å². The van der Waals surface area contributed by atoms with Crippen LogP contribution in [-0.2, 0) is 6.42 Å². The minimum Gasteiger partial charge on any atom is -0.313 e. The average Bonchev–Trinajstić information content (AvgIpc) is 3.80. The second-order valence-electron chi connectivity index (χ2n) is 14.9. The van der Waals surface area contributed by atoms with Crippen molar-refractivity contribution in [3.8, 4) is 33.6 Å². The van der Waals surface area contributed by atoms with E-state index in [1.165, 1.54) is 77.6 Å². The van der Waals surface area contributed by atoms with Gasteiger partial charge in [0.05, 0.1) is 16.6 Å². The van der Waals surface area contributed by atoms with E-state index in [0.29, 0.717) is 0 Å². The second kappa shape index (κ2) is 13.7. The van der Waals surface area contributed by atoms with Gasteiger partial charge in [0.15, 0.2) is 0 Å². The molecule has 3 heteroatoms. The minimum absolute atomic E-state index is 1.05. The quantitative estimate of drug-likeness (QED) is 0.159. The molecular formula is C54H39N3. The summed E-state index contributed by atoms with van der Waals surface area (Å²) < 4.78 is 4.82. The summed E-state index contributed by atoms with van der Waals surface area (Å²) in [5, 5.41) is 3.82. The Hall–Kier alpha value is -7.36. The van der Waals surface area contributed by atoms with Crippen molar-refractivity contribution in [2.45, 2.75) is 12.8 Å². The number of allylic oxidation sites excluding steroid dienone is 1. The Bertz CT molecular complexity index is 3080. The Morgan fingerprint density at radius 1 is 0.368 bits per heavy atom. The molecule has 0 saturated carbocycles. The van der Waals surface area contributed by atoms with Gasteiger partial charge in [0.25, 0.3) is 0 Å². The van der Waals surface area contributed by atoms with Crippen LogP contribution in [0, 0.1) is 0 Å². The molecule has 0 fully saturated rings. The van der Waals surface area contributed by atoms with E-state index >= 15 is 0 Å². The standard InChI is InChI=1S/C54H39N3/c1-4-14-42(15-5-1)55(45-30-24-38(25-31-45)40-28-34-53-49(36-40)47-20-10-12-22-51(47)56(53)43-16-6-2-7-17-43)46-32-26-39(27-33-46)41-29-35-54-50(37-41)48-21-11-13-23-52(48)57(54)44-18-8-3-9-19-44/h1-12,14-22,24-37H,13,23H2. The van der Waals surface area contributed by atoms with Crippen molar-refractivity contribution in [1.29, 1.82) is 0 Å². The maximum atomic E-state index is 2.45. The van der Waals surface area contributed by atoms with Gasteiger partial charge in [-0.1, -0.05) is 121 Å². The summed E-state index contributed by atoms with van der Waals surface area (Å²) in [6.07, 6.45) is 6.75. The molecular weight excluding hydrogens is 691 g/mol. The van der Waals surface area contributed by atoms with Crippen molar-refractivity contribution in [3.63, 3.8) is 0 Å². The van der Waals surface area contributed by atoms with E-state index in [9.17, 15) is 0 Å². The zero-order valence-corrected chi connectivity index (χ0v) is 31.5. The highest BCUT2D eigenvalue weighted by atomic mass is 15.1. The molecule has 3 nitrogen and oxygen atoms in total. The summed E-state index contributed by atoms with van der Waals surface area (Å²) in [7, 11) is 0. The van der Waals surface area contributed by atoms with Gasteiger partial charge in [-0.2, -0.15) is 0 Å². The van der Waals surface area contributed by atoms with Gasteiger partial charge < -0.3 is 14.0 Å². The molecule has 57 heavy (non-hydrogen) atoms. The molecule has 8 aromatic carbocycles. The first kappa shape index (κ1) is 33.0. The van der Waals surface area contributed by atoms with E-state index < -0.39 is 0 Å². The molecule has 11 rings (SSSR count). The third-order valence-corrected chi connectivity index (χ3v) is 11.6. The molecule has 0 aliphatic heterocycles. The Labute approximate surface area is 332 Å². The summed E-state index contributed by atoms with van der Waals surface area (Å²) in [6.45, 7) is 0. The van der Waals surface area contributed by atoms with Crippen molar-refractivity contribution in [2.75, 3.05) is 4.90 Å². The average molecular weight is 730 g/mol. The highest BCUT2D eigenvalue weighted by Crippen LogP contribution is 2.40. The highest BCUT2D eigenvalue weighted by Gasteiger charge is 2.20. The normalized spacial score (nSPS) is 12.4. The number of aromatic nitrogens is 2. The van der Waals surface area contributed by atoms with Crippen LogP contribution >= 0.6 is 0 Å². The summed E-state index contributed by atoms with van der Waals surface area (Å²) in [6, 6.07) is 72.6.